The Balaban J connectivity index is 0.000000948. The van der Waals surface area contributed by atoms with E-state index >= 15 is 0 Å². The minimum atomic E-state index is 0.174. The smallest absolute Gasteiger partial charge is 0.164 e. The van der Waals surface area contributed by atoms with Crippen molar-refractivity contribution in [3.63, 3.8) is 0 Å². The van der Waals surface area contributed by atoms with Gasteiger partial charge in [0.2, 0.25) is 0 Å². The Morgan fingerprint density at radius 3 is 2.65 bits per heavy atom. The van der Waals surface area contributed by atoms with Crippen molar-refractivity contribution >= 4 is 17.4 Å². The van der Waals surface area contributed by atoms with Gasteiger partial charge in [0.05, 0.1) is 12.1 Å². The third-order valence-corrected chi connectivity index (χ3v) is 5.72. The average Bonchev–Trinajstić information content (AvgIpc) is 2.80. The van der Waals surface area contributed by atoms with Gasteiger partial charge in [0.25, 0.3) is 0 Å². The molecule has 0 bridgehead atoms. The third kappa shape index (κ3) is 3.06. The zero-order chi connectivity index (χ0) is 18.8. The number of hydrogen-bond acceptors (Lipinski definition) is 3. The molecule has 1 heterocycles. The molecule has 2 aliphatic rings. The molecular weight excluding hydrogens is 346 g/mol. The van der Waals surface area contributed by atoms with E-state index in [-0.39, 0.29) is 17.7 Å². The molecule has 136 valence electrons. The first-order valence-corrected chi connectivity index (χ1v) is 9.16. The maximum absolute atomic E-state index is 12.6. The molecule has 0 saturated heterocycles. The molecule has 4 heteroatoms. The number of hydrogen-bond donors (Lipinski definition) is 0. The third-order valence-electron chi connectivity index (χ3n) is 5.42. The fourth-order valence-corrected chi connectivity index (χ4v) is 4.43. The number of ether oxygens (including phenoxy) is 1. The maximum Gasteiger partial charge on any atom is 0.164 e. The zero-order valence-corrected chi connectivity index (χ0v) is 16.1. The van der Waals surface area contributed by atoms with Crippen LogP contribution >= 0.6 is 11.6 Å². The molecule has 0 aromatic heterocycles. The number of benzene rings is 2. The van der Waals surface area contributed by atoms with Crippen LogP contribution in [-0.2, 0) is 6.42 Å². The Labute approximate surface area is 160 Å². The number of ketones is 1. The highest BCUT2D eigenvalue weighted by molar-refractivity contribution is 6.32. The van der Waals surface area contributed by atoms with E-state index in [1.165, 1.54) is 11.1 Å². The van der Waals surface area contributed by atoms with Gasteiger partial charge >= 0.3 is 0 Å². The topological polar surface area (TPSA) is 29.5 Å². The number of methoxy groups -OCH3 is 1. The van der Waals surface area contributed by atoms with Crippen LogP contribution in [0.2, 0.25) is 5.02 Å². The summed E-state index contributed by atoms with van der Waals surface area (Å²) >= 11 is 6.36. The minimum absolute atomic E-state index is 0.174. The molecule has 0 amide bonds. The number of carbonyl (C=O) groups excluding carboxylic acids is 1. The van der Waals surface area contributed by atoms with Crippen molar-refractivity contribution in [2.24, 2.45) is 0 Å². The van der Waals surface area contributed by atoms with Crippen LogP contribution in [0.5, 0.6) is 5.75 Å². The fourth-order valence-electron chi connectivity index (χ4n) is 4.17. The Hall–Kier alpha value is -2.10. The van der Waals surface area contributed by atoms with E-state index in [0.717, 1.165) is 24.1 Å². The predicted molar refractivity (Wildman–Crippen MR) is 107 cm³/mol. The summed E-state index contributed by atoms with van der Waals surface area (Å²) < 4.78 is 5.46. The number of Topliss-reactive ketones (excluding diaryl/α,β-unsaturated/α-hetero) is 1. The summed E-state index contributed by atoms with van der Waals surface area (Å²) in [4.78, 5) is 14.9. The standard InChI is InChI=1S/C20H20ClNO2.C2H4/c1-22-8-7-12-9-16(21)19(24-2)10-15(12)20-14-6-4-3-5-13(14)18(23)11-17(20)22;1-2/h3-6,9-10,17,20H,7-8,11H2,1-2H3;1-2H2/t17-,20+;/m0./s1. The molecule has 1 aliphatic carbocycles. The molecule has 2 aromatic carbocycles. The summed E-state index contributed by atoms with van der Waals surface area (Å²) in [6.45, 7) is 6.92. The molecule has 0 unspecified atom stereocenters. The second-order valence-corrected chi connectivity index (χ2v) is 7.08. The van der Waals surface area contributed by atoms with Crippen LogP contribution in [0, 0.1) is 0 Å². The Kier molecular flexibility index (Phi) is 5.49. The van der Waals surface area contributed by atoms with Crippen LogP contribution < -0.4 is 4.74 Å². The normalized spacial score (nSPS) is 21.4. The van der Waals surface area contributed by atoms with Gasteiger partial charge in [0, 0.05) is 30.5 Å². The van der Waals surface area contributed by atoms with E-state index in [9.17, 15) is 4.79 Å². The van der Waals surface area contributed by atoms with Crippen LogP contribution in [0.3, 0.4) is 0 Å². The van der Waals surface area contributed by atoms with E-state index in [1.807, 2.05) is 24.3 Å². The van der Waals surface area contributed by atoms with E-state index in [0.29, 0.717) is 17.2 Å². The molecule has 3 nitrogen and oxygen atoms in total. The number of halogens is 1. The second-order valence-electron chi connectivity index (χ2n) is 6.68. The molecule has 26 heavy (non-hydrogen) atoms. The van der Waals surface area contributed by atoms with E-state index < -0.39 is 0 Å². The summed E-state index contributed by atoms with van der Waals surface area (Å²) in [5, 5.41) is 0.650. The quantitative estimate of drug-likeness (QED) is 0.681. The van der Waals surface area contributed by atoms with Gasteiger partial charge < -0.3 is 9.64 Å². The fraction of sp³-hybridized carbons (Fsp3) is 0.318. The molecule has 4 rings (SSSR count). The number of fused-ring (bicyclic) bond motifs is 5. The maximum atomic E-state index is 12.6. The van der Waals surface area contributed by atoms with Crippen molar-refractivity contribution in [2.45, 2.75) is 24.8 Å². The summed E-state index contributed by atoms with van der Waals surface area (Å²) in [6.07, 6.45) is 1.49. The molecular formula is C22H24ClNO2. The van der Waals surface area contributed by atoms with Crippen molar-refractivity contribution < 1.29 is 9.53 Å². The van der Waals surface area contributed by atoms with E-state index in [2.05, 4.69) is 37.2 Å². The minimum Gasteiger partial charge on any atom is -0.495 e. The highest BCUT2D eigenvalue weighted by Gasteiger charge is 2.39. The molecule has 0 spiro atoms. The van der Waals surface area contributed by atoms with Gasteiger partial charge in [-0.1, -0.05) is 35.9 Å². The molecule has 0 radical (unpaired) electrons. The molecule has 1 aliphatic heterocycles. The molecule has 0 saturated carbocycles. The summed E-state index contributed by atoms with van der Waals surface area (Å²) in [5.41, 5.74) is 4.47. The Bertz CT molecular complexity index is 833. The summed E-state index contributed by atoms with van der Waals surface area (Å²) in [5.74, 6) is 1.11. The first-order chi connectivity index (χ1) is 12.6. The number of carbonyl (C=O) groups is 1. The van der Waals surface area contributed by atoms with Gasteiger partial charge in [-0.15, -0.1) is 13.2 Å². The van der Waals surface area contributed by atoms with Gasteiger partial charge in [-0.3, -0.25) is 4.79 Å². The van der Waals surface area contributed by atoms with E-state index in [4.69, 9.17) is 16.3 Å². The number of rotatable bonds is 1. The Morgan fingerprint density at radius 1 is 1.19 bits per heavy atom. The zero-order valence-electron chi connectivity index (χ0n) is 15.3. The molecule has 2 atom stereocenters. The van der Waals surface area contributed by atoms with Crippen molar-refractivity contribution in [3.8, 4) is 5.75 Å². The lowest BCUT2D eigenvalue weighted by molar-refractivity contribution is 0.0907. The lowest BCUT2D eigenvalue weighted by Crippen LogP contribution is -2.41. The monoisotopic (exact) mass is 369 g/mol. The van der Waals surface area contributed by atoms with Gasteiger partial charge in [0.1, 0.15) is 5.75 Å². The van der Waals surface area contributed by atoms with Crippen molar-refractivity contribution in [1.29, 1.82) is 0 Å². The summed E-state index contributed by atoms with van der Waals surface area (Å²) in [7, 11) is 3.76. The largest absolute Gasteiger partial charge is 0.495 e. The number of nitrogens with zero attached hydrogens (tertiary/aromatic N) is 1. The second kappa shape index (κ2) is 7.65. The van der Waals surface area contributed by atoms with Crippen LogP contribution in [0.4, 0.5) is 0 Å². The van der Waals surface area contributed by atoms with E-state index in [1.54, 1.807) is 7.11 Å². The molecule has 0 N–H and O–H groups in total. The van der Waals surface area contributed by atoms with Gasteiger partial charge in [-0.05, 0) is 42.3 Å². The van der Waals surface area contributed by atoms with Crippen LogP contribution in [-0.4, -0.2) is 37.4 Å². The van der Waals surface area contributed by atoms with Gasteiger partial charge in [0.15, 0.2) is 5.78 Å². The van der Waals surface area contributed by atoms with Crippen molar-refractivity contribution in [3.05, 3.63) is 76.8 Å². The first-order valence-electron chi connectivity index (χ1n) is 8.79. The SMILES string of the molecule is C=C.COc1cc2c(cc1Cl)CCN(C)[C@H]1CC(=O)c3ccccc3[C@H]21. The lowest BCUT2D eigenvalue weighted by atomic mass is 9.74. The predicted octanol–water partition coefficient (Wildman–Crippen LogP) is 4.73. The summed E-state index contributed by atoms with van der Waals surface area (Å²) in [6, 6.07) is 12.3. The lowest BCUT2D eigenvalue weighted by Gasteiger charge is -2.37. The van der Waals surface area contributed by atoms with Crippen LogP contribution in [0.1, 0.15) is 39.4 Å². The highest BCUT2D eigenvalue weighted by Crippen LogP contribution is 2.44. The van der Waals surface area contributed by atoms with Crippen LogP contribution in [0.25, 0.3) is 0 Å². The Morgan fingerprint density at radius 2 is 1.92 bits per heavy atom. The van der Waals surface area contributed by atoms with Crippen molar-refractivity contribution in [2.75, 3.05) is 20.7 Å². The van der Waals surface area contributed by atoms with Crippen molar-refractivity contribution in [1.82, 2.24) is 4.90 Å². The first kappa shape index (κ1) is 18.7. The van der Waals surface area contributed by atoms with Crippen LogP contribution in [0.15, 0.2) is 49.6 Å². The van der Waals surface area contributed by atoms with Gasteiger partial charge in [-0.2, -0.15) is 0 Å². The molecule has 2 aromatic rings. The average molecular weight is 370 g/mol. The number of likely N-dealkylation sites (N-methyl/N-ethyl adjacent to an activating group) is 1. The highest BCUT2D eigenvalue weighted by atomic mass is 35.5. The van der Waals surface area contributed by atoms with Gasteiger partial charge in [-0.25, -0.2) is 0 Å². The molecule has 0 fully saturated rings.